The molecule has 4 rings (SSSR count). The summed E-state index contributed by atoms with van der Waals surface area (Å²) < 4.78 is 1.73. The minimum Gasteiger partial charge on any atom is -0.328 e. The van der Waals surface area contributed by atoms with Gasteiger partial charge in [0, 0.05) is 32.7 Å². The van der Waals surface area contributed by atoms with Crippen molar-refractivity contribution in [1.82, 2.24) is 14.8 Å². The van der Waals surface area contributed by atoms with E-state index < -0.39 is 6.04 Å². The fourth-order valence-electron chi connectivity index (χ4n) is 3.61. The summed E-state index contributed by atoms with van der Waals surface area (Å²) in [5.41, 5.74) is 3.71. The number of aryl methyl sites for hydroxylation is 1. The van der Waals surface area contributed by atoms with Gasteiger partial charge in [-0.2, -0.15) is 4.98 Å². The third-order valence-electron chi connectivity index (χ3n) is 5.05. The van der Waals surface area contributed by atoms with E-state index in [2.05, 4.69) is 22.5 Å². The Morgan fingerprint density at radius 3 is 2.75 bits per heavy atom. The molecule has 0 saturated heterocycles. The Balaban J connectivity index is 1.79. The number of fused-ring (bicyclic) bond motifs is 1. The number of amides is 1. The van der Waals surface area contributed by atoms with Gasteiger partial charge in [0.2, 0.25) is 11.1 Å². The van der Waals surface area contributed by atoms with Crippen LogP contribution in [0.5, 0.6) is 0 Å². The summed E-state index contributed by atoms with van der Waals surface area (Å²) in [6, 6.07) is 12.4. The lowest BCUT2D eigenvalue weighted by atomic mass is 9.95. The van der Waals surface area contributed by atoms with E-state index in [4.69, 9.17) is 28.3 Å². The molecule has 1 aliphatic heterocycles. The van der Waals surface area contributed by atoms with Gasteiger partial charge in [0.05, 0.1) is 5.57 Å². The topological polar surface area (TPSA) is 71.8 Å². The van der Waals surface area contributed by atoms with Gasteiger partial charge in [0.1, 0.15) is 6.04 Å². The summed E-state index contributed by atoms with van der Waals surface area (Å²) >= 11 is 14.3. The second-order valence-corrected chi connectivity index (χ2v) is 9.47. The predicted molar refractivity (Wildman–Crippen MR) is 132 cm³/mol. The predicted octanol–water partition coefficient (Wildman–Crippen LogP) is 6.32. The van der Waals surface area contributed by atoms with E-state index in [1.807, 2.05) is 44.2 Å². The molecule has 0 saturated carbocycles. The third kappa shape index (κ3) is 4.65. The summed E-state index contributed by atoms with van der Waals surface area (Å²) in [5.74, 6) is 1.24. The highest BCUT2D eigenvalue weighted by Gasteiger charge is 2.35. The van der Waals surface area contributed by atoms with Crippen molar-refractivity contribution < 1.29 is 4.79 Å². The van der Waals surface area contributed by atoms with E-state index in [1.54, 1.807) is 28.6 Å². The zero-order valence-electron chi connectivity index (χ0n) is 17.9. The van der Waals surface area contributed by atoms with Crippen molar-refractivity contribution in [3.05, 3.63) is 74.9 Å². The van der Waals surface area contributed by atoms with E-state index in [9.17, 15) is 4.79 Å². The van der Waals surface area contributed by atoms with Crippen LogP contribution >= 0.6 is 35.0 Å². The number of carbonyl (C=O) groups excluding carboxylic acids is 1. The first-order valence-electron chi connectivity index (χ1n) is 10.3. The van der Waals surface area contributed by atoms with Crippen molar-refractivity contribution in [3.8, 4) is 0 Å². The van der Waals surface area contributed by atoms with Gasteiger partial charge in [-0.15, -0.1) is 5.10 Å². The molecule has 1 amide bonds. The largest absolute Gasteiger partial charge is 0.328 e. The van der Waals surface area contributed by atoms with Crippen LogP contribution in [0.1, 0.15) is 37.4 Å². The highest BCUT2D eigenvalue weighted by Crippen LogP contribution is 2.40. The van der Waals surface area contributed by atoms with E-state index in [1.165, 1.54) is 0 Å². The molecule has 1 aromatic heterocycles. The second kappa shape index (κ2) is 9.57. The molecule has 3 aromatic rings. The number of halogens is 2. The lowest BCUT2D eigenvalue weighted by Crippen LogP contribution is -2.31. The Bertz CT molecular complexity index is 1210. The molecule has 0 aliphatic carbocycles. The molecule has 166 valence electrons. The maximum absolute atomic E-state index is 13.5. The summed E-state index contributed by atoms with van der Waals surface area (Å²) in [5, 5.41) is 12.6. The molecule has 0 radical (unpaired) electrons. The first-order chi connectivity index (χ1) is 15.4. The van der Waals surface area contributed by atoms with Gasteiger partial charge in [-0.1, -0.05) is 60.1 Å². The molecule has 2 N–H and O–H groups in total. The number of carbonyl (C=O) groups is 1. The van der Waals surface area contributed by atoms with Crippen LogP contribution in [-0.2, 0) is 4.79 Å². The number of allylic oxidation sites excluding steroid dienone is 1. The average molecular weight is 488 g/mol. The highest BCUT2D eigenvalue weighted by molar-refractivity contribution is 7.99. The minimum absolute atomic E-state index is 0.236. The number of rotatable bonds is 6. The van der Waals surface area contributed by atoms with E-state index >= 15 is 0 Å². The summed E-state index contributed by atoms with van der Waals surface area (Å²) in [6.45, 7) is 5.95. The van der Waals surface area contributed by atoms with Gasteiger partial charge in [-0.25, -0.2) is 4.68 Å². The summed E-state index contributed by atoms with van der Waals surface area (Å²) in [7, 11) is 0. The number of hydrogen-bond donors (Lipinski definition) is 2. The fraction of sp³-hybridized carbons (Fsp3) is 0.261. The van der Waals surface area contributed by atoms with Crippen LogP contribution in [0.3, 0.4) is 0 Å². The number of hydrogen-bond acceptors (Lipinski definition) is 5. The Morgan fingerprint density at radius 1 is 1.22 bits per heavy atom. The Kier molecular flexibility index (Phi) is 6.79. The maximum Gasteiger partial charge on any atom is 0.255 e. The van der Waals surface area contributed by atoms with E-state index in [0.29, 0.717) is 32.4 Å². The van der Waals surface area contributed by atoms with Crippen LogP contribution in [-0.4, -0.2) is 26.4 Å². The van der Waals surface area contributed by atoms with Crippen molar-refractivity contribution in [2.75, 3.05) is 16.4 Å². The third-order valence-corrected chi connectivity index (χ3v) is 6.65. The summed E-state index contributed by atoms with van der Waals surface area (Å²) in [4.78, 5) is 18.1. The van der Waals surface area contributed by atoms with Crippen LogP contribution < -0.4 is 10.6 Å². The van der Waals surface area contributed by atoms with Crippen LogP contribution in [0.2, 0.25) is 10.0 Å². The molecule has 6 nitrogen and oxygen atoms in total. The average Bonchev–Trinajstić information content (AvgIpc) is 3.14. The van der Waals surface area contributed by atoms with Gasteiger partial charge in [0.25, 0.3) is 5.91 Å². The molecule has 0 spiro atoms. The molecule has 2 aromatic carbocycles. The highest BCUT2D eigenvalue weighted by atomic mass is 35.5. The second-order valence-electron chi connectivity index (χ2n) is 7.57. The normalized spacial score (nSPS) is 15.3. The number of benzene rings is 2. The molecule has 0 bridgehead atoms. The Labute approximate surface area is 201 Å². The standard InChI is InChI=1S/C23H23Cl2N5OS/c1-4-10-32-23-28-22-26-14(3)19(21(31)27-16-7-5-6-13(2)11-16)20(30(22)29-23)17-9-8-15(24)12-18(17)25/h5-9,11-12,20H,4,10H2,1-3H3,(H,27,31)(H,26,28,29). The number of aromatic nitrogens is 3. The monoisotopic (exact) mass is 487 g/mol. The zero-order valence-corrected chi connectivity index (χ0v) is 20.3. The number of nitrogens with one attached hydrogen (secondary N) is 2. The molecule has 1 atom stereocenters. The van der Waals surface area contributed by atoms with Crippen LogP contribution in [0.25, 0.3) is 0 Å². The fourth-order valence-corrected chi connectivity index (χ4v) is 4.81. The Morgan fingerprint density at radius 2 is 2.03 bits per heavy atom. The zero-order chi connectivity index (χ0) is 22.8. The van der Waals surface area contributed by atoms with E-state index in [-0.39, 0.29) is 5.91 Å². The van der Waals surface area contributed by atoms with Crippen molar-refractivity contribution in [2.24, 2.45) is 0 Å². The van der Waals surface area contributed by atoms with Crippen molar-refractivity contribution >= 4 is 52.5 Å². The van der Waals surface area contributed by atoms with E-state index in [0.717, 1.165) is 29.0 Å². The maximum atomic E-state index is 13.5. The summed E-state index contributed by atoms with van der Waals surface area (Å²) in [6.07, 6.45) is 1.01. The first kappa shape index (κ1) is 22.7. The number of anilines is 2. The lowest BCUT2D eigenvalue weighted by Gasteiger charge is -2.29. The van der Waals surface area contributed by atoms with Crippen LogP contribution in [0.15, 0.2) is 58.9 Å². The Hall–Kier alpha value is -2.48. The molecular formula is C23H23Cl2N5OS. The molecular weight excluding hydrogens is 465 g/mol. The van der Waals surface area contributed by atoms with Gasteiger partial charge >= 0.3 is 0 Å². The first-order valence-corrected chi connectivity index (χ1v) is 12.0. The van der Waals surface area contributed by atoms with Crippen LogP contribution in [0.4, 0.5) is 11.6 Å². The number of thioether (sulfide) groups is 1. The number of nitrogens with zero attached hydrogens (tertiary/aromatic N) is 3. The molecule has 2 heterocycles. The van der Waals surface area contributed by atoms with Gasteiger partial charge in [0.15, 0.2) is 0 Å². The van der Waals surface area contributed by atoms with Crippen LogP contribution in [0, 0.1) is 6.92 Å². The SMILES string of the molecule is CCCSc1nc2n(n1)C(c1ccc(Cl)cc1Cl)C(C(=O)Nc1cccc(C)c1)=C(C)N2. The lowest BCUT2D eigenvalue weighted by molar-refractivity contribution is -0.113. The quantitative estimate of drug-likeness (QED) is 0.397. The van der Waals surface area contributed by atoms with Gasteiger partial charge in [-0.3, -0.25) is 4.79 Å². The molecule has 9 heteroatoms. The molecule has 32 heavy (non-hydrogen) atoms. The van der Waals surface area contributed by atoms with Crippen molar-refractivity contribution in [3.63, 3.8) is 0 Å². The molecule has 1 aliphatic rings. The van der Waals surface area contributed by atoms with Gasteiger partial charge < -0.3 is 10.6 Å². The minimum atomic E-state index is -0.552. The van der Waals surface area contributed by atoms with Gasteiger partial charge in [-0.05, 0) is 50.1 Å². The van der Waals surface area contributed by atoms with Crippen molar-refractivity contribution in [1.29, 1.82) is 0 Å². The molecule has 1 unspecified atom stereocenters. The molecule has 0 fully saturated rings. The smallest absolute Gasteiger partial charge is 0.255 e. The van der Waals surface area contributed by atoms with Crippen molar-refractivity contribution in [2.45, 2.75) is 38.4 Å².